The standard InChI is InChI=1S/C8H10BrNO2/c1-6-4-7(9)5-10-8(6)12-3-2-11/h4-5,11H,2-3H2,1H3. The first-order chi connectivity index (χ1) is 5.74. The Bertz CT molecular complexity index is 265. The third-order valence-corrected chi connectivity index (χ3v) is 1.76. The third kappa shape index (κ3) is 2.46. The number of nitrogens with zero attached hydrogens (tertiary/aromatic N) is 1. The predicted octanol–water partition coefficient (Wildman–Crippen LogP) is 1.52. The minimum Gasteiger partial charge on any atom is -0.475 e. The van der Waals surface area contributed by atoms with Crippen molar-refractivity contribution in [2.45, 2.75) is 6.92 Å². The number of aromatic nitrogens is 1. The molecule has 1 aromatic rings. The second-order valence-corrected chi connectivity index (χ2v) is 3.26. The lowest BCUT2D eigenvalue weighted by Gasteiger charge is -2.05. The highest BCUT2D eigenvalue weighted by Gasteiger charge is 2.00. The van der Waals surface area contributed by atoms with E-state index in [0.29, 0.717) is 5.88 Å². The van der Waals surface area contributed by atoms with Gasteiger partial charge >= 0.3 is 0 Å². The molecule has 0 spiro atoms. The van der Waals surface area contributed by atoms with Gasteiger partial charge in [-0.1, -0.05) is 0 Å². The summed E-state index contributed by atoms with van der Waals surface area (Å²) in [5.41, 5.74) is 0.956. The average molecular weight is 232 g/mol. The van der Waals surface area contributed by atoms with Gasteiger partial charge in [0, 0.05) is 16.2 Å². The van der Waals surface area contributed by atoms with Gasteiger partial charge in [-0.3, -0.25) is 0 Å². The van der Waals surface area contributed by atoms with E-state index in [2.05, 4.69) is 20.9 Å². The zero-order valence-electron chi connectivity index (χ0n) is 6.75. The van der Waals surface area contributed by atoms with Crippen LogP contribution < -0.4 is 4.74 Å². The molecule has 0 bridgehead atoms. The molecule has 0 saturated carbocycles. The van der Waals surface area contributed by atoms with Gasteiger partial charge in [0.1, 0.15) is 6.61 Å². The van der Waals surface area contributed by atoms with E-state index in [4.69, 9.17) is 9.84 Å². The molecule has 3 nitrogen and oxygen atoms in total. The molecule has 1 heterocycles. The molecule has 66 valence electrons. The van der Waals surface area contributed by atoms with Crippen LogP contribution in [0.4, 0.5) is 0 Å². The lowest BCUT2D eigenvalue weighted by atomic mass is 10.3. The van der Waals surface area contributed by atoms with Crippen LogP contribution in [-0.2, 0) is 0 Å². The van der Waals surface area contributed by atoms with Crippen molar-refractivity contribution >= 4 is 15.9 Å². The summed E-state index contributed by atoms with van der Waals surface area (Å²) in [6.45, 7) is 2.21. The van der Waals surface area contributed by atoms with Crippen molar-refractivity contribution in [2.75, 3.05) is 13.2 Å². The topological polar surface area (TPSA) is 42.4 Å². The van der Waals surface area contributed by atoms with Crippen LogP contribution in [0.25, 0.3) is 0 Å². The molecular weight excluding hydrogens is 222 g/mol. The maximum absolute atomic E-state index is 8.51. The van der Waals surface area contributed by atoms with E-state index in [1.165, 1.54) is 0 Å². The van der Waals surface area contributed by atoms with Crippen molar-refractivity contribution in [3.8, 4) is 5.88 Å². The Hall–Kier alpha value is -0.610. The van der Waals surface area contributed by atoms with Crippen LogP contribution in [0.5, 0.6) is 5.88 Å². The van der Waals surface area contributed by atoms with Gasteiger partial charge in [0.2, 0.25) is 5.88 Å². The predicted molar refractivity (Wildman–Crippen MR) is 49.3 cm³/mol. The Morgan fingerprint density at radius 2 is 2.42 bits per heavy atom. The van der Waals surface area contributed by atoms with Crippen LogP contribution in [0.3, 0.4) is 0 Å². The lowest BCUT2D eigenvalue weighted by Crippen LogP contribution is -2.04. The molecule has 1 aromatic heterocycles. The zero-order chi connectivity index (χ0) is 8.97. The van der Waals surface area contributed by atoms with E-state index in [0.717, 1.165) is 10.0 Å². The summed E-state index contributed by atoms with van der Waals surface area (Å²) in [5, 5.41) is 8.51. The highest BCUT2D eigenvalue weighted by Crippen LogP contribution is 2.18. The molecule has 0 aliphatic rings. The molecule has 4 heteroatoms. The summed E-state index contributed by atoms with van der Waals surface area (Å²) < 4.78 is 6.09. The second kappa shape index (κ2) is 4.42. The van der Waals surface area contributed by atoms with Crippen LogP contribution in [0, 0.1) is 6.92 Å². The third-order valence-electron chi connectivity index (χ3n) is 1.33. The molecule has 0 unspecified atom stereocenters. The maximum atomic E-state index is 8.51. The Morgan fingerprint density at radius 1 is 1.67 bits per heavy atom. The van der Waals surface area contributed by atoms with E-state index >= 15 is 0 Å². The van der Waals surface area contributed by atoms with Crippen molar-refractivity contribution in [3.63, 3.8) is 0 Å². The van der Waals surface area contributed by atoms with Gasteiger partial charge in [0.05, 0.1) is 6.61 Å². The summed E-state index contributed by atoms with van der Waals surface area (Å²) in [4.78, 5) is 4.04. The number of aliphatic hydroxyl groups excluding tert-OH is 1. The fourth-order valence-corrected chi connectivity index (χ4v) is 1.27. The number of rotatable bonds is 3. The van der Waals surface area contributed by atoms with Crippen LogP contribution in [0.2, 0.25) is 0 Å². The number of halogens is 1. The number of hydrogen-bond donors (Lipinski definition) is 1. The SMILES string of the molecule is Cc1cc(Br)cnc1OCCO. The van der Waals surface area contributed by atoms with E-state index in [1.807, 2.05) is 13.0 Å². The summed E-state index contributed by atoms with van der Waals surface area (Å²) in [6, 6.07) is 1.92. The van der Waals surface area contributed by atoms with E-state index in [1.54, 1.807) is 6.20 Å². The minimum absolute atomic E-state index is 0.0111. The van der Waals surface area contributed by atoms with Crippen molar-refractivity contribution in [1.82, 2.24) is 4.98 Å². The number of pyridine rings is 1. The number of ether oxygens (including phenoxy) is 1. The maximum Gasteiger partial charge on any atom is 0.216 e. The van der Waals surface area contributed by atoms with E-state index in [-0.39, 0.29) is 13.2 Å². The summed E-state index contributed by atoms with van der Waals surface area (Å²) in [7, 11) is 0. The molecular formula is C8H10BrNO2. The monoisotopic (exact) mass is 231 g/mol. The summed E-state index contributed by atoms with van der Waals surface area (Å²) in [6.07, 6.45) is 1.67. The average Bonchev–Trinajstić information content (AvgIpc) is 2.03. The molecule has 1 rings (SSSR count). The Kier molecular flexibility index (Phi) is 3.49. The molecule has 0 aliphatic carbocycles. The van der Waals surface area contributed by atoms with Gasteiger partial charge in [0.25, 0.3) is 0 Å². The number of aliphatic hydroxyl groups is 1. The molecule has 0 radical (unpaired) electrons. The molecule has 0 amide bonds. The first-order valence-electron chi connectivity index (χ1n) is 3.60. The van der Waals surface area contributed by atoms with E-state index < -0.39 is 0 Å². The first-order valence-corrected chi connectivity index (χ1v) is 4.39. The summed E-state index contributed by atoms with van der Waals surface area (Å²) >= 11 is 3.30. The molecule has 0 atom stereocenters. The van der Waals surface area contributed by atoms with E-state index in [9.17, 15) is 0 Å². The quantitative estimate of drug-likeness (QED) is 0.859. The van der Waals surface area contributed by atoms with Gasteiger partial charge in [-0.15, -0.1) is 0 Å². The normalized spacial score (nSPS) is 9.92. The Morgan fingerprint density at radius 3 is 3.00 bits per heavy atom. The van der Waals surface area contributed by atoms with Crippen molar-refractivity contribution in [2.24, 2.45) is 0 Å². The molecule has 1 N–H and O–H groups in total. The largest absolute Gasteiger partial charge is 0.475 e. The molecule has 0 saturated heterocycles. The second-order valence-electron chi connectivity index (χ2n) is 2.35. The molecule has 0 aromatic carbocycles. The fourth-order valence-electron chi connectivity index (χ4n) is 0.821. The van der Waals surface area contributed by atoms with Crippen molar-refractivity contribution < 1.29 is 9.84 Å². The van der Waals surface area contributed by atoms with Gasteiger partial charge in [0.15, 0.2) is 0 Å². The van der Waals surface area contributed by atoms with Crippen molar-refractivity contribution in [1.29, 1.82) is 0 Å². The number of aryl methyl sites for hydroxylation is 1. The Balaban J connectivity index is 2.72. The highest BCUT2D eigenvalue weighted by atomic mass is 79.9. The summed E-state index contributed by atoms with van der Waals surface area (Å²) in [5.74, 6) is 0.576. The smallest absolute Gasteiger partial charge is 0.216 e. The molecule has 12 heavy (non-hydrogen) atoms. The van der Waals surface area contributed by atoms with Crippen LogP contribution >= 0.6 is 15.9 Å². The fraction of sp³-hybridized carbons (Fsp3) is 0.375. The van der Waals surface area contributed by atoms with Crippen LogP contribution in [0.1, 0.15) is 5.56 Å². The van der Waals surface area contributed by atoms with Crippen LogP contribution in [-0.4, -0.2) is 23.3 Å². The van der Waals surface area contributed by atoms with Gasteiger partial charge in [-0.2, -0.15) is 0 Å². The first kappa shape index (κ1) is 9.48. The minimum atomic E-state index is 0.0111. The van der Waals surface area contributed by atoms with Gasteiger partial charge in [-0.05, 0) is 28.9 Å². The van der Waals surface area contributed by atoms with Gasteiger partial charge < -0.3 is 9.84 Å². The zero-order valence-corrected chi connectivity index (χ0v) is 8.34. The molecule has 0 aliphatic heterocycles. The van der Waals surface area contributed by atoms with Crippen LogP contribution in [0.15, 0.2) is 16.7 Å². The lowest BCUT2D eigenvalue weighted by molar-refractivity contribution is 0.196. The Labute approximate surface area is 79.5 Å². The van der Waals surface area contributed by atoms with Gasteiger partial charge in [-0.25, -0.2) is 4.98 Å². The number of hydrogen-bond acceptors (Lipinski definition) is 3. The van der Waals surface area contributed by atoms with Crippen molar-refractivity contribution in [3.05, 3.63) is 22.3 Å². The highest BCUT2D eigenvalue weighted by molar-refractivity contribution is 9.10. The molecule has 0 fully saturated rings.